The summed E-state index contributed by atoms with van der Waals surface area (Å²) in [5, 5.41) is 28.8. The van der Waals surface area contributed by atoms with Crippen molar-refractivity contribution in [1.82, 2.24) is 39.0 Å². The zero-order chi connectivity index (χ0) is 44.2. The van der Waals surface area contributed by atoms with Crippen LogP contribution in [-0.2, 0) is 56.1 Å². The number of hydrogen-bond donors (Lipinski definition) is 0. The van der Waals surface area contributed by atoms with Crippen LogP contribution < -0.4 is 10.2 Å². The molecule has 0 unspecified atom stereocenters. The molecule has 0 N–H and O–H groups in total. The third-order valence-electron chi connectivity index (χ3n) is 9.30. The smallest absolute Gasteiger partial charge is 0.549 e. The Labute approximate surface area is 368 Å². The standard InChI is InChI=1S/2C16H14ClF3N5.C6H8O4.Pt/c2*1-9(2)25-8-22-12-13(23-15(17)24-14(12)25)21-7-10-5-3-4-6-11(10)16(18,19)20;7-4(8)6(5(9)10)2-1-3-6;/h2*3-6,8-9H,7H2,1-2H3;1-3H2,(H,7,8)(H,9,10);/q2*-1;;+4/p-2. The van der Waals surface area contributed by atoms with Crippen molar-refractivity contribution in [3.8, 4) is 0 Å². The van der Waals surface area contributed by atoms with Crippen molar-refractivity contribution in [2.45, 2.75) is 84.5 Å². The monoisotopic (exact) mass is 1070 g/mol. The number of halogens is 8. The number of rotatable bonds is 10. The molecule has 1 aliphatic rings. The molecule has 326 valence electrons. The van der Waals surface area contributed by atoms with Gasteiger partial charge in [0.05, 0.1) is 35.7 Å². The van der Waals surface area contributed by atoms with Crippen LogP contribution in [0.25, 0.3) is 33.0 Å². The molecule has 4 heterocycles. The van der Waals surface area contributed by atoms with Gasteiger partial charge in [0.15, 0.2) is 11.3 Å². The summed E-state index contributed by atoms with van der Waals surface area (Å²) in [6.45, 7) is 7.43. The maximum absolute atomic E-state index is 13.1. The van der Waals surface area contributed by atoms with E-state index in [2.05, 4.69) is 40.5 Å². The number of fused-ring (bicyclic) bond motifs is 2. The number of nitrogens with zero attached hydrogens (tertiary/aromatic N) is 10. The van der Waals surface area contributed by atoms with E-state index in [1.807, 2.05) is 27.7 Å². The molecule has 61 heavy (non-hydrogen) atoms. The van der Waals surface area contributed by atoms with Crippen molar-refractivity contribution in [2.24, 2.45) is 5.41 Å². The van der Waals surface area contributed by atoms with Gasteiger partial charge in [0.2, 0.25) is 0 Å². The first-order valence-electron chi connectivity index (χ1n) is 18.0. The fourth-order valence-corrected chi connectivity index (χ4v) is 6.26. The molecular weight excluding hydrogens is 1040 g/mol. The zero-order valence-corrected chi connectivity index (χ0v) is 36.2. The molecule has 4 aromatic heterocycles. The maximum Gasteiger partial charge on any atom is 4.00 e. The van der Waals surface area contributed by atoms with Crippen molar-refractivity contribution >= 4 is 69.1 Å². The molecule has 0 bridgehead atoms. The number of carboxylic acids is 2. The quantitative estimate of drug-likeness (QED) is 0.0733. The molecule has 0 atom stereocenters. The van der Waals surface area contributed by atoms with Crippen LogP contribution >= 0.6 is 23.2 Å². The SMILES string of the molecule is CC(C)n1cnc2c([N-]Cc3ccccc3C(F)(F)F)nc(Cl)nc21.CC(C)n1cnc2c([N-]Cc3ccccc3C(F)(F)F)nc(Cl)nc21.O=C([O-])C1(C(=O)[O-])CCC1.[Pt+4]. The summed E-state index contributed by atoms with van der Waals surface area (Å²) in [6.07, 6.45) is -4.78. The minimum absolute atomic E-state index is 0. The second-order valence-corrected chi connectivity index (χ2v) is 14.6. The number of alkyl halides is 6. The van der Waals surface area contributed by atoms with Crippen molar-refractivity contribution < 1.29 is 67.2 Å². The molecule has 0 amide bonds. The van der Waals surface area contributed by atoms with Crippen molar-refractivity contribution in [3.63, 3.8) is 0 Å². The Morgan fingerprint density at radius 1 is 0.689 bits per heavy atom. The topological polar surface area (TPSA) is 196 Å². The molecule has 7 rings (SSSR count). The predicted octanol–water partition coefficient (Wildman–Crippen LogP) is 8.22. The molecule has 0 saturated heterocycles. The van der Waals surface area contributed by atoms with Gasteiger partial charge >= 0.3 is 33.4 Å². The summed E-state index contributed by atoms with van der Waals surface area (Å²) in [5.74, 6) is -2.68. The van der Waals surface area contributed by atoms with Crippen LogP contribution in [0.15, 0.2) is 61.2 Å². The molecule has 1 fully saturated rings. The summed E-state index contributed by atoms with van der Waals surface area (Å²) in [7, 11) is 0. The largest absolute Gasteiger partial charge is 4.00 e. The third kappa shape index (κ3) is 11.3. The van der Waals surface area contributed by atoms with Crippen LogP contribution in [0.3, 0.4) is 0 Å². The van der Waals surface area contributed by atoms with Crippen molar-refractivity contribution in [3.05, 3.63) is 105 Å². The van der Waals surface area contributed by atoms with Gasteiger partial charge in [-0.2, -0.15) is 26.3 Å². The molecule has 0 radical (unpaired) electrons. The minimum atomic E-state index is -4.44. The number of aromatic nitrogens is 8. The first-order chi connectivity index (χ1) is 28.1. The van der Waals surface area contributed by atoms with E-state index >= 15 is 0 Å². The summed E-state index contributed by atoms with van der Waals surface area (Å²) < 4.78 is 82.1. The van der Waals surface area contributed by atoms with E-state index in [0.29, 0.717) is 28.7 Å². The third-order valence-corrected chi connectivity index (χ3v) is 9.63. The average molecular weight is 1070 g/mol. The van der Waals surface area contributed by atoms with Gasteiger partial charge in [-0.15, -0.1) is 0 Å². The Morgan fingerprint density at radius 3 is 1.33 bits per heavy atom. The summed E-state index contributed by atoms with van der Waals surface area (Å²) in [6, 6.07) is 10.8. The number of benzene rings is 2. The Bertz CT molecular complexity index is 2330. The van der Waals surface area contributed by atoms with Gasteiger partial charge in [-0.1, -0.05) is 66.0 Å². The van der Waals surface area contributed by atoms with E-state index in [1.54, 1.807) is 21.8 Å². The van der Waals surface area contributed by atoms with Crippen LogP contribution in [0.4, 0.5) is 38.0 Å². The van der Waals surface area contributed by atoms with Crippen LogP contribution in [0.2, 0.25) is 10.6 Å². The maximum atomic E-state index is 13.1. The summed E-state index contributed by atoms with van der Waals surface area (Å²) in [4.78, 5) is 45.2. The van der Waals surface area contributed by atoms with Gasteiger partial charge < -0.3 is 49.5 Å². The number of aliphatic carboxylic acids is 2. The van der Waals surface area contributed by atoms with E-state index < -0.39 is 40.8 Å². The first-order valence-corrected chi connectivity index (χ1v) is 18.8. The van der Waals surface area contributed by atoms with E-state index in [0.717, 1.165) is 12.1 Å². The Morgan fingerprint density at radius 2 is 1.05 bits per heavy atom. The van der Waals surface area contributed by atoms with Gasteiger partial charge in [-0.05, 0) is 88.5 Å². The van der Waals surface area contributed by atoms with Crippen LogP contribution in [0.5, 0.6) is 0 Å². The van der Waals surface area contributed by atoms with E-state index in [9.17, 15) is 46.1 Å². The van der Waals surface area contributed by atoms with Crippen LogP contribution in [-0.4, -0.2) is 51.0 Å². The summed E-state index contributed by atoms with van der Waals surface area (Å²) in [5.41, 5.74) is -1.19. The number of imidazole rings is 2. The molecule has 14 nitrogen and oxygen atoms in total. The molecule has 1 aliphatic carbocycles. The second kappa shape index (κ2) is 19.8. The minimum Gasteiger partial charge on any atom is -0.549 e. The van der Waals surface area contributed by atoms with Gasteiger partial charge in [-0.3, -0.25) is 0 Å². The van der Waals surface area contributed by atoms with E-state index in [4.69, 9.17) is 23.2 Å². The van der Waals surface area contributed by atoms with Crippen molar-refractivity contribution in [2.75, 3.05) is 0 Å². The molecule has 23 heteroatoms. The molecule has 1 saturated carbocycles. The van der Waals surface area contributed by atoms with E-state index in [1.165, 1.54) is 36.4 Å². The van der Waals surface area contributed by atoms with Crippen molar-refractivity contribution in [1.29, 1.82) is 0 Å². The van der Waals surface area contributed by atoms with Gasteiger partial charge in [0, 0.05) is 17.5 Å². The molecule has 6 aromatic rings. The molecule has 2 aromatic carbocycles. The number of carbonyl (C=O) groups excluding carboxylic acids is 2. The fourth-order valence-electron chi connectivity index (χ4n) is 5.94. The number of carbonyl (C=O) groups is 2. The average Bonchev–Trinajstić information content (AvgIpc) is 3.77. The number of hydrogen-bond acceptors (Lipinski definition) is 10. The second-order valence-electron chi connectivity index (χ2n) is 13.9. The first kappa shape index (κ1) is 48.6. The van der Waals surface area contributed by atoms with Gasteiger partial charge in [0.1, 0.15) is 21.6 Å². The van der Waals surface area contributed by atoms with Gasteiger partial charge in [0.25, 0.3) is 0 Å². The van der Waals surface area contributed by atoms with E-state index in [-0.39, 0.29) is 92.4 Å². The molecule has 0 spiro atoms. The van der Waals surface area contributed by atoms with Crippen LogP contribution in [0, 0.1) is 5.41 Å². The summed E-state index contributed by atoms with van der Waals surface area (Å²) >= 11 is 11.9. The molecular formula is C38H34Cl2F6N10O4Pt. The predicted molar refractivity (Wildman–Crippen MR) is 204 cm³/mol. The number of carboxylic acid groups (broad SMARTS) is 2. The van der Waals surface area contributed by atoms with Gasteiger partial charge in [-0.25, -0.2) is 19.9 Å². The Balaban J connectivity index is 0.000000217. The van der Waals surface area contributed by atoms with Crippen LogP contribution in [0.1, 0.15) is 81.3 Å². The fraction of sp³-hybridized carbons (Fsp3) is 0.368. The zero-order valence-electron chi connectivity index (χ0n) is 32.4. The Hall–Kier alpha value is -5.07. The Kier molecular flexibility index (Phi) is 15.7. The normalized spacial score (nSPS) is 13.4. The molecule has 0 aliphatic heterocycles.